The molecule has 5 heteroatoms. The van der Waals surface area contributed by atoms with E-state index in [1.807, 2.05) is 36.4 Å². The van der Waals surface area contributed by atoms with Gasteiger partial charge in [-0.3, -0.25) is 0 Å². The fourth-order valence-electron chi connectivity index (χ4n) is 2.63. The lowest BCUT2D eigenvalue weighted by Crippen LogP contribution is -2.15. The molecule has 0 unspecified atom stereocenters. The summed E-state index contributed by atoms with van der Waals surface area (Å²) in [5.41, 5.74) is 1.97. The number of esters is 2. The predicted molar refractivity (Wildman–Crippen MR) is 89.9 cm³/mol. The highest BCUT2D eigenvalue weighted by Gasteiger charge is 2.27. The molecule has 0 saturated heterocycles. The molecule has 1 heterocycles. The number of carbonyl (C=O) groups is 2. The summed E-state index contributed by atoms with van der Waals surface area (Å²) in [5.74, 6) is -1.24. The Morgan fingerprint density at radius 3 is 2.04 bits per heavy atom. The topological polar surface area (TPSA) is 65.5 Å². The van der Waals surface area contributed by atoms with Gasteiger partial charge in [0.25, 0.3) is 0 Å². The summed E-state index contributed by atoms with van der Waals surface area (Å²) < 4.78 is 9.79. The second-order valence-electron chi connectivity index (χ2n) is 5.08. The maximum Gasteiger partial charge on any atom is 0.340 e. The number of benzene rings is 2. The van der Waals surface area contributed by atoms with E-state index in [0.717, 1.165) is 0 Å². The molecule has 0 aliphatic rings. The van der Waals surface area contributed by atoms with Gasteiger partial charge in [-0.25, -0.2) is 14.6 Å². The van der Waals surface area contributed by atoms with Crippen LogP contribution in [0.2, 0.25) is 0 Å². The zero-order valence-corrected chi connectivity index (χ0v) is 13.3. The van der Waals surface area contributed by atoms with Gasteiger partial charge in [0.15, 0.2) is 0 Å². The van der Waals surface area contributed by atoms with Crippen LogP contribution in [0.15, 0.2) is 54.6 Å². The summed E-state index contributed by atoms with van der Waals surface area (Å²) in [6.07, 6.45) is 0. The number of aromatic nitrogens is 1. The molecular formula is C19H15NO4. The average Bonchev–Trinajstić information content (AvgIpc) is 2.65. The molecule has 5 nitrogen and oxygen atoms in total. The fourth-order valence-corrected chi connectivity index (χ4v) is 2.63. The van der Waals surface area contributed by atoms with Crippen LogP contribution in [-0.2, 0) is 9.47 Å². The number of hydrogen-bond donors (Lipinski definition) is 0. The Kier molecular flexibility index (Phi) is 4.24. The van der Waals surface area contributed by atoms with Crippen LogP contribution in [-0.4, -0.2) is 31.1 Å². The molecule has 1 aromatic heterocycles. The van der Waals surface area contributed by atoms with Crippen LogP contribution in [0.5, 0.6) is 0 Å². The molecule has 120 valence electrons. The lowest BCUT2D eigenvalue weighted by Gasteiger charge is -2.14. The molecule has 24 heavy (non-hydrogen) atoms. The van der Waals surface area contributed by atoms with Crippen LogP contribution in [0.25, 0.3) is 22.2 Å². The summed E-state index contributed by atoms with van der Waals surface area (Å²) in [7, 11) is 2.55. The third-order valence-electron chi connectivity index (χ3n) is 3.72. The summed E-state index contributed by atoms with van der Waals surface area (Å²) in [5, 5.41) is 0.546. The number of ether oxygens (including phenoxy) is 2. The SMILES string of the molecule is COC(=O)c1c(-c2ccccc2)nc2ccccc2c1C(=O)OC. The van der Waals surface area contributed by atoms with Crippen molar-refractivity contribution in [3.05, 3.63) is 65.7 Å². The maximum atomic E-state index is 12.4. The molecular weight excluding hydrogens is 306 g/mol. The van der Waals surface area contributed by atoms with E-state index in [9.17, 15) is 9.59 Å². The Bertz CT molecular complexity index is 919. The molecule has 0 aliphatic heterocycles. The highest BCUT2D eigenvalue weighted by molar-refractivity contribution is 6.14. The van der Waals surface area contributed by atoms with E-state index in [0.29, 0.717) is 22.2 Å². The number of para-hydroxylation sites is 1. The van der Waals surface area contributed by atoms with Crippen LogP contribution < -0.4 is 0 Å². The predicted octanol–water partition coefficient (Wildman–Crippen LogP) is 3.48. The van der Waals surface area contributed by atoms with Gasteiger partial charge in [-0.05, 0) is 6.07 Å². The Balaban J connectivity index is 2.47. The van der Waals surface area contributed by atoms with Gasteiger partial charge in [0.1, 0.15) is 5.56 Å². The van der Waals surface area contributed by atoms with Crippen molar-refractivity contribution in [1.82, 2.24) is 4.98 Å². The largest absolute Gasteiger partial charge is 0.465 e. The number of hydrogen-bond acceptors (Lipinski definition) is 5. The highest BCUT2D eigenvalue weighted by Crippen LogP contribution is 2.31. The van der Waals surface area contributed by atoms with Crippen molar-refractivity contribution in [3.63, 3.8) is 0 Å². The van der Waals surface area contributed by atoms with Gasteiger partial charge in [-0.2, -0.15) is 0 Å². The van der Waals surface area contributed by atoms with E-state index >= 15 is 0 Å². The molecule has 0 saturated carbocycles. The molecule has 3 aromatic rings. The number of nitrogens with zero attached hydrogens (tertiary/aromatic N) is 1. The van der Waals surface area contributed by atoms with Gasteiger partial charge in [0, 0.05) is 10.9 Å². The average molecular weight is 321 g/mol. The Morgan fingerprint density at radius 2 is 1.38 bits per heavy atom. The number of carbonyl (C=O) groups excluding carboxylic acids is 2. The van der Waals surface area contributed by atoms with Crippen molar-refractivity contribution in [2.75, 3.05) is 14.2 Å². The first-order valence-corrected chi connectivity index (χ1v) is 7.32. The van der Waals surface area contributed by atoms with Crippen molar-refractivity contribution in [1.29, 1.82) is 0 Å². The van der Waals surface area contributed by atoms with Crippen molar-refractivity contribution in [2.45, 2.75) is 0 Å². The van der Waals surface area contributed by atoms with Gasteiger partial charge in [-0.1, -0.05) is 48.5 Å². The second-order valence-corrected chi connectivity index (χ2v) is 5.08. The molecule has 0 radical (unpaired) electrons. The normalized spacial score (nSPS) is 10.4. The van der Waals surface area contributed by atoms with Crippen molar-refractivity contribution < 1.29 is 19.1 Å². The van der Waals surface area contributed by atoms with Gasteiger partial charge in [-0.15, -0.1) is 0 Å². The summed E-state index contributed by atoms with van der Waals surface area (Å²) in [6, 6.07) is 16.3. The first kappa shape index (κ1) is 15.7. The standard InChI is InChI=1S/C19H15NO4/c1-23-18(21)15-13-10-6-7-11-14(13)20-17(16(15)19(22)24-2)12-8-4-3-5-9-12/h3-11H,1-2H3. The lowest BCUT2D eigenvalue weighted by molar-refractivity contribution is 0.0557. The molecule has 2 aromatic carbocycles. The molecule has 0 bridgehead atoms. The molecule has 3 rings (SSSR count). The monoisotopic (exact) mass is 321 g/mol. The van der Waals surface area contributed by atoms with E-state index in [4.69, 9.17) is 9.47 Å². The minimum atomic E-state index is -0.632. The molecule has 0 fully saturated rings. The van der Waals surface area contributed by atoms with Crippen LogP contribution in [0.4, 0.5) is 0 Å². The van der Waals surface area contributed by atoms with Crippen molar-refractivity contribution in [2.24, 2.45) is 0 Å². The van der Waals surface area contributed by atoms with Gasteiger partial charge in [0.2, 0.25) is 0 Å². The van der Waals surface area contributed by atoms with Crippen LogP contribution in [0.3, 0.4) is 0 Å². The van der Waals surface area contributed by atoms with E-state index in [-0.39, 0.29) is 11.1 Å². The van der Waals surface area contributed by atoms with Crippen LogP contribution in [0.1, 0.15) is 20.7 Å². The molecule has 0 N–H and O–H groups in total. The fraction of sp³-hybridized carbons (Fsp3) is 0.105. The van der Waals surface area contributed by atoms with Crippen LogP contribution >= 0.6 is 0 Å². The minimum absolute atomic E-state index is 0.106. The first-order valence-electron chi connectivity index (χ1n) is 7.32. The van der Waals surface area contributed by atoms with Crippen molar-refractivity contribution >= 4 is 22.8 Å². The smallest absolute Gasteiger partial charge is 0.340 e. The van der Waals surface area contributed by atoms with E-state index in [2.05, 4.69) is 4.98 Å². The summed E-state index contributed by atoms with van der Waals surface area (Å²) in [4.78, 5) is 29.4. The van der Waals surface area contributed by atoms with Gasteiger partial charge >= 0.3 is 11.9 Å². The van der Waals surface area contributed by atoms with Gasteiger partial charge in [0.05, 0.1) is 31.0 Å². The van der Waals surface area contributed by atoms with Gasteiger partial charge < -0.3 is 9.47 Å². The van der Waals surface area contributed by atoms with E-state index < -0.39 is 11.9 Å². The quantitative estimate of drug-likeness (QED) is 0.691. The van der Waals surface area contributed by atoms with Crippen LogP contribution in [0, 0.1) is 0 Å². The molecule has 0 aliphatic carbocycles. The minimum Gasteiger partial charge on any atom is -0.465 e. The summed E-state index contributed by atoms with van der Waals surface area (Å²) in [6.45, 7) is 0. The number of rotatable bonds is 3. The number of methoxy groups -OCH3 is 2. The number of fused-ring (bicyclic) bond motifs is 1. The third-order valence-corrected chi connectivity index (χ3v) is 3.72. The molecule has 0 atom stereocenters. The second kappa shape index (κ2) is 6.50. The summed E-state index contributed by atoms with van der Waals surface area (Å²) >= 11 is 0. The Morgan fingerprint density at radius 1 is 0.792 bits per heavy atom. The van der Waals surface area contributed by atoms with E-state index in [1.165, 1.54) is 14.2 Å². The lowest BCUT2D eigenvalue weighted by atomic mass is 9.96. The Hall–Kier alpha value is -3.21. The molecule has 0 spiro atoms. The highest BCUT2D eigenvalue weighted by atomic mass is 16.5. The van der Waals surface area contributed by atoms with E-state index in [1.54, 1.807) is 18.2 Å². The first-order chi connectivity index (χ1) is 11.7. The maximum absolute atomic E-state index is 12.4. The third kappa shape index (κ3) is 2.60. The Labute approximate surface area is 138 Å². The molecule has 0 amide bonds. The zero-order valence-electron chi connectivity index (χ0n) is 13.3. The number of pyridine rings is 1. The zero-order chi connectivity index (χ0) is 17.1. The van der Waals surface area contributed by atoms with Crippen molar-refractivity contribution in [3.8, 4) is 11.3 Å².